The first kappa shape index (κ1) is 21.1. The Kier molecular flexibility index (Phi) is 6.70. The molecule has 2 heterocycles. The molecular weight excluding hydrogens is 416 g/mol. The molecule has 1 fully saturated rings. The number of nitrogens with zero attached hydrogens (tertiary/aromatic N) is 4. The number of aryl methyl sites for hydroxylation is 1. The second-order valence-corrected chi connectivity index (χ2v) is 8.42. The number of nitro benzene ring substituents is 1. The summed E-state index contributed by atoms with van der Waals surface area (Å²) in [6.07, 6.45) is -0.394. The molecule has 0 saturated carbocycles. The van der Waals surface area contributed by atoms with Gasteiger partial charge in [-0.05, 0) is 26.0 Å². The monoisotopic (exact) mass is 436 g/mol. The van der Waals surface area contributed by atoms with Gasteiger partial charge in [0.2, 0.25) is 0 Å². The van der Waals surface area contributed by atoms with Crippen molar-refractivity contribution in [2.24, 2.45) is 0 Å². The van der Waals surface area contributed by atoms with Crippen molar-refractivity contribution in [3.05, 3.63) is 45.0 Å². The largest absolute Gasteiger partial charge is 0.450 e. The highest BCUT2D eigenvalue weighted by atomic mass is 32.2. The van der Waals surface area contributed by atoms with Crippen LogP contribution in [0.3, 0.4) is 0 Å². The van der Waals surface area contributed by atoms with Crippen molar-refractivity contribution >= 4 is 40.8 Å². The van der Waals surface area contributed by atoms with Gasteiger partial charge in [-0.15, -0.1) is 11.3 Å². The van der Waals surface area contributed by atoms with Gasteiger partial charge in [-0.1, -0.05) is 11.8 Å². The van der Waals surface area contributed by atoms with Crippen LogP contribution in [0.15, 0.2) is 32.8 Å². The summed E-state index contributed by atoms with van der Waals surface area (Å²) in [5.41, 5.74) is 0.980. The van der Waals surface area contributed by atoms with E-state index in [-0.39, 0.29) is 17.2 Å². The van der Waals surface area contributed by atoms with E-state index in [0.717, 1.165) is 5.69 Å². The smallest absolute Gasteiger partial charge is 0.409 e. The first-order chi connectivity index (χ1) is 13.9. The Hall–Kier alpha value is -2.66. The first-order valence-corrected chi connectivity index (χ1v) is 10.7. The summed E-state index contributed by atoms with van der Waals surface area (Å²) in [4.78, 5) is 43.5. The molecule has 1 aromatic heterocycles. The quantitative estimate of drug-likeness (QED) is 0.522. The van der Waals surface area contributed by atoms with Crippen LogP contribution >= 0.6 is 23.1 Å². The van der Waals surface area contributed by atoms with Crippen LogP contribution in [0.5, 0.6) is 0 Å². The zero-order valence-electron chi connectivity index (χ0n) is 16.0. The molecule has 1 saturated heterocycles. The summed E-state index contributed by atoms with van der Waals surface area (Å²) < 4.78 is 5.68. The maximum atomic E-state index is 12.8. The molecule has 9 nitrogen and oxygen atoms in total. The lowest BCUT2D eigenvalue weighted by Crippen LogP contribution is -2.50. The Labute approximate surface area is 175 Å². The number of aromatic nitrogens is 1. The van der Waals surface area contributed by atoms with E-state index in [2.05, 4.69) is 4.98 Å². The van der Waals surface area contributed by atoms with Crippen LogP contribution in [0.2, 0.25) is 0 Å². The van der Waals surface area contributed by atoms with Gasteiger partial charge in [-0.3, -0.25) is 14.9 Å². The fraction of sp³-hybridized carbons (Fsp3) is 0.389. The minimum absolute atomic E-state index is 0.126. The lowest BCUT2D eigenvalue weighted by atomic mass is 10.1. The number of rotatable bonds is 5. The van der Waals surface area contributed by atoms with Gasteiger partial charge in [-0.25, -0.2) is 9.78 Å². The topological polar surface area (TPSA) is 106 Å². The van der Waals surface area contributed by atoms with Crippen molar-refractivity contribution < 1.29 is 19.2 Å². The maximum Gasteiger partial charge on any atom is 0.409 e. The second-order valence-electron chi connectivity index (χ2n) is 6.27. The predicted octanol–water partition coefficient (Wildman–Crippen LogP) is 3.43. The van der Waals surface area contributed by atoms with Crippen molar-refractivity contribution in [1.29, 1.82) is 0 Å². The van der Waals surface area contributed by atoms with E-state index in [1.54, 1.807) is 28.9 Å². The van der Waals surface area contributed by atoms with Crippen molar-refractivity contribution in [1.82, 2.24) is 14.8 Å². The molecule has 0 spiro atoms. The first-order valence-electron chi connectivity index (χ1n) is 8.98. The van der Waals surface area contributed by atoms with Gasteiger partial charge in [-0.2, -0.15) is 0 Å². The molecule has 0 bridgehead atoms. The van der Waals surface area contributed by atoms with Crippen LogP contribution < -0.4 is 0 Å². The number of hydrogen-bond donors (Lipinski definition) is 0. The van der Waals surface area contributed by atoms with E-state index in [0.29, 0.717) is 42.0 Å². The van der Waals surface area contributed by atoms with Crippen LogP contribution in [0.4, 0.5) is 10.5 Å². The lowest BCUT2D eigenvalue weighted by Gasteiger charge is -2.34. The number of thiazole rings is 1. The number of nitro groups is 1. The SMILES string of the molecule is CCOC(=O)N1CCN(C(=O)c2ccc(Sc3nc(C)cs3)c([N+](=O)[O-])c2)CC1. The molecule has 3 rings (SSSR count). The number of benzene rings is 1. The molecule has 2 amide bonds. The molecular formula is C18H20N4O5S2. The maximum absolute atomic E-state index is 12.8. The minimum atomic E-state index is -0.488. The predicted molar refractivity (Wildman–Crippen MR) is 109 cm³/mol. The number of hydrogen-bond acceptors (Lipinski definition) is 8. The summed E-state index contributed by atoms with van der Waals surface area (Å²) in [6.45, 7) is 5.32. The van der Waals surface area contributed by atoms with Crippen molar-refractivity contribution in [2.75, 3.05) is 32.8 Å². The van der Waals surface area contributed by atoms with Gasteiger partial charge in [0.15, 0.2) is 4.34 Å². The van der Waals surface area contributed by atoms with E-state index in [4.69, 9.17) is 4.74 Å². The molecule has 0 atom stereocenters. The van der Waals surface area contributed by atoms with Crippen LogP contribution in [-0.2, 0) is 4.74 Å². The highest BCUT2D eigenvalue weighted by Crippen LogP contribution is 2.37. The molecule has 2 aromatic rings. The van der Waals surface area contributed by atoms with Gasteiger partial charge >= 0.3 is 6.09 Å². The lowest BCUT2D eigenvalue weighted by molar-refractivity contribution is -0.387. The molecule has 29 heavy (non-hydrogen) atoms. The van der Waals surface area contributed by atoms with Gasteiger partial charge in [0.25, 0.3) is 11.6 Å². The van der Waals surface area contributed by atoms with Gasteiger partial charge in [0.1, 0.15) is 0 Å². The average Bonchev–Trinajstić information content (AvgIpc) is 3.12. The molecule has 1 aromatic carbocycles. The Morgan fingerprint density at radius 3 is 2.55 bits per heavy atom. The van der Waals surface area contributed by atoms with Crippen LogP contribution in [-0.4, -0.2) is 64.5 Å². The van der Waals surface area contributed by atoms with Crippen LogP contribution in [0.1, 0.15) is 23.0 Å². The highest BCUT2D eigenvalue weighted by Gasteiger charge is 2.27. The molecule has 1 aliphatic rings. The standard InChI is InChI=1S/C18H20N4O5S2/c1-3-27-18(24)21-8-6-20(7-9-21)16(23)13-4-5-15(14(10-13)22(25)26)29-17-19-12(2)11-28-17/h4-5,10-11H,3,6-9H2,1-2H3. The molecule has 11 heteroatoms. The fourth-order valence-corrected chi connectivity index (χ4v) is 4.72. The molecule has 0 N–H and O–H groups in total. The van der Waals surface area contributed by atoms with E-state index in [1.165, 1.54) is 29.2 Å². The van der Waals surface area contributed by atoms with Gasteiger partial charge in [0.05, 0.1) is 16.4 Å². The van der Waals surface area contributed by atoms with Gasteiger partial charge < -0.3 is 14.5 Å². The molecule has 0 unspecified atom stereocenters. The van der Waals surface area contributed by atoms with E-state index in [1.807, 2.05) is 12.3 Å². The third kappa shape index (κ3) is 5.04. The Morgan fingerprint density at radius 1 is 1.28 bits per heavy atom. The number of amides is 2. The zero-order valence-corrected chi connectivity index (χ0v) is 17.6. The minimum Gasteiger partial charge on any atom is -0.450 e. The van der Waals surface area contributed by atoms with Crippen LogP contribution in [0, 0.1) is 17.0 Å². The molecule has 1 aliphatic heterocycles. The average molecular weight is 437 g/mol. The van der Waals surface area contributed by atoms with Crippen molar-refractivity contribution in [3.63, 3.8) is 0 Å². The molecule has 154 valence electrons. The van der Waals surface area contributed by atoms with Gasteiger partial charge in [0, 0.05) is 48.9 Å². The van der Waals surface area contributed by atoms with Crippen molar-refractivity contribution in [3.8, 4) is 0 Å². The summed E-state index contributed by atoms with van der Waals surface area (Å²) in [6, 6.07) is 4.49. The normalized spacial score (nSPS) is 14.0. The fourth-order valence-electron chi connectivity index (χ4n) is 2.84. The Bertz CT molecular complexity index is 925. The Morgan fingerprint density at radius 2 is 1.97 bits per heavy atom. The van der Waals surface area contributed by atoms with Crippen molar-refractivity contribution in [2.45, 2.75) is 23.1 Å². The number of piperazine rings is 1. The third-order valence-electron chi connectivity index (χ3n) is 4.29. The number of carbonyl (C=O) groups excluding carboxylic acids is 2. The Balaban J connectivity index is 1.72. The van der Waals surface area contributed by atoms with E-state index >= 15 is 0 Å². The van der Waals surface area contributed by atoms with E-state index < -0.39 is 11.0 Å². The summed E-state index contributed by atoms with van der Waals surface area (Å²) in [5, 5.41) is 13.4. The number of ether oxygens (including phenoxy) is 1. The molecule has 0 radical (unpaired) electrons. The second kappa shape index (κ2) is 9.23. The highest BCUT2D eigenvalue weighted by molar-refractivity contribution is 8.01. The third-order valence-corrected chi connectivity index (χ3v) is 6.41. The summed E-state index contributed by atoms with van der Waals surface area (Å²) in [7, 11) is 0. The molecule has 0 aliphatic carbocycles. The van der Waals surface area contributed by atoms with Crippen LogP contribution in [0.25, 0.3) is 0 Å². The zero-order chi connectivity index (χ0) is 21.0. The summed E-state index contributed by atoms with van der Waals surface area (Å²) >= 11 is 2.63. The number of carbonyl (C=O) groups is 2. The van der Waals surface area contributed by atoms with E-state index in [9.17, 15) is 19.7 Å². The summed E-state index contributed by atoms with van der Waals surface area (Å²) in [5.74, 6) is -0.293.